The molecule has 0 aromatic heterocycles. The van der Waals surface area contributed by atoms with Gasteiger partial charge < -0.3 is 0 Å². The van der Waals surface area contributed by atoms with Crippen molar-refractivity contribution >= 4 is 33.7 Å². The summed E-state index contributed by atoms with van der Waals surface area (Å²) in [5.74, 6) is 0. The minimum Gasteiger partial charge on any atom is -0.0912 e. The smallest absolute Gasteiger partial charge is 0.0159 e. The number of halogens is 1. The average molecular weight is 428 g/mol. The number of hydrogen-bond acceptors (Lipinski definition) is 0. The van der Waals surface area contributed by atoms with E-state index in [-0.39, 0.29) is 5.41 Å². The Morgan fingerprint density at radius 3 is 2.42 bits per heavy atom. The van der Waals surface area contributed by atoms with Gasteiger partial charge in [-0.15, -0.1) is 0 Å². The van der Waals surface area contributed by atoms with Gasteiger partial charge in [-0.1, -0.05) is 69.5 Å². The van der Waals surface area contributed by atoms with E-state index < -0.39 is 0 Å². The Morgan fingerprint density at radius 1 is 1.12 bits per heavy atom. The highest BCUT2D eigenvalue weighted by molar-refractivity contribution is 14.1. The Labute approximate surface area is 160 Å². The first-order valence-electron chi connectivity index (χ1n) is 8.19. The van der Waals surface area contributed by atoms with Crippen LogP contribution in [0.2, 0.25) is 0 Å². The van der Waals surface area contributed by atoms with Gasteiger partial charge in [-0.05, 0) is 82.0 Å². The van der Waals surface area contributed by atoms with Crippen LogP contribution in [0.25, 0.3) is 11.1 Å². The minimum atomic E-state index is -0.0331. The molecule has 0 radical (unpaired) electrons. The second-order valence-corrected chi connectivity index (χ2v) is 7.89. The van der Waals surface area contributed by atoms with E-state index in [9.17, 15) is 0 Å². The van der Waals surface area contributed by atoms with Gasteiger partial charge in [0.2, 0.25) is 0 Å². The summed E-state index contributed by atoms with van der Waals surface area (Å²) in [5, 5.41) is 0. The van der Waals surface area contributed by atoms with Crippen molar-refractivity contribution in [2.75, 3.05) is 0 Å². The first-order chi connectivity index (χ1) is 11.3. The van der Waals surface area contributed by atoms with Crippen LogP contribution in [0, 0.1) is 0 Å². The minimum absolute atomic E-state index is 0.0331. The van der Waals surface area contributed by atoms with E-state index in [4.69, 9.17) is 0 Å². The molecule has 0 atom stereocenters. The molecule has 1 aromatic rings. The Hall–Kier alpha value is -1.61. The third-order valence-corrected chi connectivity index (χ3v) is 4.82. The summed E-state index contributed by atoms with van der Waals surface area (Å²) in [6, 6.07) is 6.69. The molecule has 0 nitrogen and oxygen atoms in total. The summed E-state index contributed by atoms with van der Waals surface area (Å²) in [6.45, 7) is 17.0. The topological polar surface area (TPSA) is 0 Å². The Kier molecular flexibility index (Phi) is 5.87. The van der Waals surface area contributed by atoms with Crippen molar-refractivity contribution in [1.82, 2.24) is 0 Å². The van der Waals surface area contributed by atoms with Crippen LogP contribution in [0.15, 0.2) is 77.0 Å². The molecule has 24 heavy (non-hydrogen) atoms. The molecule has 124 valence electrons. The van der Waals surface area contributed by atoms with Crippen LogP contribution in [-0.4, -0.2) is 0 Å². The lowest BCUT2D eigenvalue weighted by atomic mass is 9.81. The van der Waals surface area contributed by atoms with Crippen molar-refractivity contribution in [1.29, 1.82) is 0 Å². The van der Waals surface area contributed by atoms with E-state index in [1.807, 2.05) is 25.2 Å². The Balaban J connectivity index is 2.56. The third-order valence-electron chi connectivity index (χ3n) is 4.51. The van der Waals surface area contributed by atoms with Gasteiger partial charge in [-0.2, -0.15) is 0 Å². The number of benzene rings is 1. The molecule has 0 spiro atoms. The van der Waals surface area contributed by atoms with Crippen molar-refractivity contribution < 1.29 is 0 Å². The van der Waals surface area contributed by atoms with Gasteiger partial charge in [0.25, 0.3) is 0 Å². The molecule has 0 heterocycles. The van der Waals surface area contributed by atoms with Gasteiger partial charge in [0.05, 0.1) is 0 Å². The maximum Gasteiger partial charge on any atom is 0.0159 e. The van der Waals surface area contributed by atoms with Crippen molar-refractivity contribution in [2.45, 2.75) is 33.1 Å². The number of allylic oxidation sites excluding steroid dienone is 10. The monoisotopic (exact) mass is 428 g/mol. The summed E-state index contributed by atoms with van der Waals surface area (Å²) < 4.78 is 1.06. The van der Waals surface area contributed by atoms with Gasteiger partial charge in [0.15, 0.2) is 0 Å². The van der Waals surface area contributed by atoms with Crippen molar-refractivity contribution in [3.63, 3.8) is 0 Å². The van der Waals surface area contributed by atoms with Gasteiger partial charge >= 0.3 is 0 Å². The molecule has 0 saturated heterocycles. The van der Waals surface area contributed by atoms with Crippen molar-refractivity contribution in [3.8, 4) is 0 Å². The van der Waals surface area contributed by atoms with Gasteiger partial charge in [0, 0.05) is 8.99 Å². The molecular formula is C23H25I. The van der Waals surface area contributed by atoms with E-state index >= 15 is 0 Å². The highest BCUT2D eigenvalue weighted by Gasteiger charge is 2.37. The number of fused-ring (bicyclic) bond motifs is 1. The lowest BCUT2D eigenvalue weighted by Crippen LogP contribution is -2.15. The normalized spacial score (nSPS) is 19.5. The van der Waals surface area contributed by atoms with Crippen LogP contribution >= 0.6 is 22.6 Å². The van der Waals surface area contributed by atoms with Gasteiger partial charge in [-0.25, -0.2) is 0 Å². The van der Waals surface area contributed by atoms with E-state index in [0.717, 1.165) is 9.15 Å². The number of rotatable bonds is 4. The predicted molar refractivity (Wildman–Crippen MR) is 117 cm³/mol. The third kappa shape index (κ3) is 3.56. The molecule has 0 aliphatic heterocycles. The van der Waals surface area contributed by atoms with E-state index in [1.54, 1.807) is 0 Å². The van der Waals surface area contributed by atoms with E-state index in [1.165, 1.54) is 27.8 Å². The Morgan fingerprint density at radius 2 is 1.83 bits per heavy atom. The second-order valence-electron chi connectivity index (χ2n) is 6.50. The van der Waals surface area contributed by atoms with Crippen LogP contribution in [0.3, 0.4) is 0 Å². The molecule has 1 aliphatic carbocycles. The first kappa shape index (κ1) is 18.7. The molecule has 0 unspecified atom stereocenters. The van der Waals surface area contributed by atoms with Crippen molar-refractivity contribution in [3.05, 3.63) is 93.7 Å². The summed E-state index contributed by atoms with van der Waals surface area (Å²) in [6.07, 6.45) is 12.5. The molecule has 1 aromatic carbocycles. The fourth-order valence-corrected chi connectivity index (χ4v) is 3.54. The van der Waals surface area contributed by atoms with Crippen LogP contribution in [0.4, 0.5) is 0 Å². The summed E-state index contributed by atoms with van der Waals surface area (Å²) in [4.78, 5) is 0. The maximum absolute atomic E-state index is 4.21. The zero-order chi connectivity index (χ0) is 17.9. The first-order valence-corrected chi connectivity index (χ1v) is 9.27. The highest BCUT2D eigenvalue weighted by atomic mass is 127. The fourth-order valence-electron chi connectivity index (χ4n) is 3.23. The lowest BCUT2D eigenvalue weighted by Gasteiger charge is -2.22. The summed E-state index contributed by atoms with van der Waals surface area (Å²) in [7, 11) is 0. The molecule has 0 bridgehead atoms. The lowest BCUT2D eigenvalue weighted by molar-refractivity contribution is 0.660. The molecular weight excluding hydrogens is 403 g/mol. The second kappa shape index (κ2) is 7.52. The van der Waals surface area contributed by atoms with Gasteiger partial charge in [-0.3, -0.25) is 0 Å². The quantitative estimate of drug-likeness (QED) is 0.346. The van der Waals surface area contributed by atoms with Crippen molar-refractivity contribution in [2.24, 2.45) is 0 Å². The molecule has 0 N–H and O–H groups in total. The van der Waals surface area contributed by atoms with Crippen LogP contribution < -0.4 is 0 Å². The highest BCUT2D eigenvalue weighted by Crippen LogP contribution is 2.50. The molecule has 2 rings (SSSR count). The standard InChI is InChI=1S/C23H25I/c1-7-9-10-11-16(3)18-12-13-20-19(8-2)21(14-17(4)24)23(5,6)22(20)15-18/h7-15H,3-4H2,1-2,5-6H3/b9-7-,11-10-,19-8-,21-14+. The molecule has 0 saturated carbocycles. The number of hydrogen-bond donors (Lipinski definition) is 0. The SMILES string of the molecule is C=C(I)/C=C1\C(=C/C)c2ccc(C(=C)/C=C\C=C/C)cc2C1(C)C. The largest absolute Gasteiger partial charge is 0.0912 e. The zero-order valence-electron chi connectivity index (χ0n) is 15.0. The van der Waals surface area contributed by atoms with Crippen LogP contribution in [0.1, 0.15) is 44.4 Å². The fraction of sp³-hybridized carbons (Fsp3) is 0.217. The van der Waals surface area contributed by atoms with Gasteiger partial charge in [0.1, 0.15) is 0 Å². The van der Waals surface area contributed by atoms with Crippen LogP contribution in [0.5, 0.6) is 0 Å². The zero-order valence-corrected chi connectivity index (χ0v) is 17.1. The average Bonchev–Trinajstić information content (AvgIpc) is 2.74. The summed E-state index contributed by atoms with van der Waals surface area (Å²) >= 11 is 2.28. The Bertz CT molecular complexity index is 795. The molecule has 0 amide bonds. The van der Waals surface area contributed by atoms with E-state index in [2.05, 4.69) is 92.9 Å². The van der Waals surface area contributed by atoms with E-state index in [0.29, 0.717) is 0 Å². The van der Waals surface area contributed by atoms with Crippen LogP contribution in [-0.2, 0) is 5.41 Å². The summed E-state index contributed by atoms with van der Waals surface area (Å²) in [5.41, 5.74) is 7.50. The molecule has 1 aliphatic rings. The molecule has 0 fully saturated rings. The predicted octanol–water partition coefficient (Wildman–Crippen LogP) is 7.40. The maximum atomic E-state index is 4.21. The molecule has 1 heteroatoms.